The lowest BCUT2D eigenvalue weighted by Crippen LogP contribution is -2.52. The van der Waals surface area contributed by atoms with E-state index in [1.807, 2.05) is 18.7 Å². The Hall–Kier alpha value is -1.40. The van der Waals surface area contributed by atoms with Crippen LogP contribution in [-0.4, -0.2) is 59.5 Å². The number of rotatable bonds is 3. The fourth-order valence-corrected chi connectivity index (χ4v) is 3.17. The summed E-state index contributed by atoms with van der Waals surface area (Å²) in [6, 6.07) is -0.00406. The number of carbonyl (C=O) groups excluding carboxylic acids is 1. The molecule has 116 valence electrons. The Morgan fingerprint density at radius 2 is 2.10 bits per heavy atom. The number of nitrogens with one attached hydrogen (secondary N) is 1. The molecule has 1 amide bonds. The summed E-state index contributed by atoms with van der Waals surface area (Å²) in [5, 5.41) is 3.29. The first-order valence-corrected chi connectivity index (χ1v) is 7.81. The molecule has 0 aliphatic carbocycles. The molecule has 21 heavy (non-hydrogen) atoms. The van der Waals surface area contributed by atoms with Crippen LogP contribution in [-0.2, 0) is 11.3 Å². The van der Waals surface area contributed by atoms with Gasteiger partial charge in [-0.1, -0.05) is 0 Å². The van der Waals surface area contributed by atoms with Crippen molar-refractivity contribution in [3.63, 3.8) is 0 Å². The van der Waals surface area contributed by atoms with Crippen molar-refractivity contribution in [1.82, 2.24) is 20.1 Å². The molecule has 3 rings (SSSR count). The highest BCUT2D eigenvalue weighted by Crippen LogP contribution is 2.22. The number of oxazole rings is 1. The molecule has 0 saturated carbocycles. The van der Waals surface area contributed by atoms with Gasteiger partial charge in [-0.15, -0.1) is 0 Å². The van der Waals surface area contributed by atoms with Crippen LogP contribution in [0.3, 0.4) is 0 Å². The summed E-state index contributed by atoms with van der Waals surface area (Å²) in [7, 11) is 0. The van der Waals surface area contributed by atoms with Crippen molar-refractivity contribution in [3.8, 4) is 0 Å². The minimum Gasteiger partial charge on any atom is -0.444 e. The first kappa shape index (κ1) is 14.5. The number of hydrogen-bond acceptors (Lipinski definition) is 5. The van der Waals surface area contributed by atoms with E-state index in [9.17, 15) is 4.79 Å². The molecule has 6 heteroatoms. The van der Waals surface area contributed by atoms with Crippen LogP contribution in [0.15, 0.2) is 4.42 Å². The van der Waals surface area contributed by atoms with Crippen LogP contribution in [0.1, 0.15) is 30.2 Å². The van der Waals surface area contributed by atoms with Crippen LogP contribution >= 0.6 is 0 Å². The number of nitrogens with zero attached hydrogens (tertiary/aromatic N) is 3. The molecule has 0 spiro atoms. The lowest BCUT2D eigenvalue weighted by molar-refractivity contribution is -0.136. The third-order valence-electron chi connectivity index (χ3n) is 4.49. The fraction of sp³-hybridized carbons (Fsp3) is 0.733. The summed E-state index contributed by atoms with van der Waals surface area (Å²) in [6.45, 7) is 8.91. The molecule has 2 aliphatic heterocycles. The van der Waals surface area contributed by atoms with Crippen molar-refractivity contribution in [3.05, 3.63) is 17.3 Å². The molecular weight excluding hydrogens is 268 g/mol. The van der Waals surface area contributed by atoms with Crippen molar-refractivity contribution in [2.75, 3.05) is 32.7 Å². The van der Waals surface area contributed by atoms with E-state index < -0.39 is 0 Å². The SMILES string of the molecule is Cc1nc(CN2CCCC2C(=O)N2CCNCC2)oc1C. The summed E-state index contributed by atoms with van der Waals surface area (Å²) < 4.78 is 5.66. The second-order valence-corrected chi connectivity index (χ2v) is 5.95. The van der Waals surface area contributed by atoms with Gasteiger partial charge in [0.15, 0.2) is 0 Å². The van der Waals surface area contributed by atoms with Gasteiger partial charge in [0.25, 0.3) is 0 Å². The van der Waals surface area contributed by atoms with Gasteiger partial charge in [-0.3, -0.25) is 9.69 Å². The highest BCUT2D eigenvalue weighted by molar-refractivity contribution is 5.82. The zero-order valence-corrected chi connectivity index (χ0v) is 12.9. The van der Waals surface area contributed by atoms with E-state index in [4.69, 9.17) is 4.42 Å². The van der Waals surface area contributed by atoms with Crippen LogP contribution in [0.5, 0.6) is 0 Å². The molecule has 1 aromatic rings. The van der Waals surface area contributed by atoms with Crippen LogP contribution < -0.4 is 5.32 Å². The Labute approximate surface area is 125 Å². The minimum atomic E-state index is -0.00406. The summed E-state index contributed by atoms with van der Waals surface area (Å²) in [6.07, 6.45) is 2.02. The van der Waals surface area contributed by atoms with E-state index in [1.165, 1.54) is 0 Å². The first-order valence-electron chi connectivity index (χ1n) is 7.81. The molecule has 0 radical (unpaired) electrons. The largest absolute Gasteiger partial charge is 0.444 e. The van der Waals surface area contributed by atoms with Crippen LogP contribution in [0.2, 0.25) is 0 Å². The van der Waals surface area contributed by atoms with Gasteiger partial charge in [0.05, 0.1) is 18.3 Å². The predicted molar refractivity (Wildman–Crippen MR) is 78.9 cm³/mol. The van der Waals surface area contributed by atoms with E-state index >= 15 is 0 Å². The van der Waals surface area contributed by atoms with Gasteiger partial charge in [0.1, 0.15) is 5.76 Å². The molecule has 2 aliphatic rings. The summed E-state index contributed by atoms with van der Waals surface area (Å²) >= 11 is 0. The van der Waals surface area contributed by atoms with Gasteiger partial charge in [-0.25, -0.2) is 4.98 Å². The highest BCUT2D eigenvalue weighted by atomic mass is 16.4. The lowest BCUT2D eigenvalue weighted by atomic mass is 10.1. The van der Waals surface area contributed by atoms with Crippen LogP contribution in [0.25, 0.3) is 0 Å². The number of piperazine rings is 1. The molecule has 2 fully saturated rings. The Kier molecular flexibility index (Phi) is 4.26. The van der Waals surface area contributed by atoms with Crippen molar-refractivity contribution in [2.45, 2.75) is 39.3 Å². The number of aryl methyl sites for hydroxylation is 2. The predicted octanol–water partition coefficient (Wildman–Crippen LogP) is 0.688. The number of aromatic nitrogens is 1. The van der Waals surface area contributed by atoms with E-state index in [0.29, 0.717) is 6.54 Å². The number of likely N-dealkylation sites (tertiary alicyclic amines) is 1. The average Bonchev–Trinajstić information content (AvgIpc) is 3.07. The third kappa shape index (κ3) is 3.11. The number of amides is 1. The second-order valence-electron chi connectivity index (χ2n) is 5.95. The fourth-order valence-electron chi connectivity index (χ4n) is 3.17. The van der Waals surface area contributed by atoms with Crippen LogP contribution in [0.4, 0.5) is 0 Å². The van der Waals surface area contributed by atoms with E-state index in [2.05, 4.69) is 15.2 Å². The molecule has 0 aromatic carbocycles. The van der Waals surface area contributed by atoms with Gasteiger partial charge in [0, 0.05) is 26.2 Å². The number of carbonyl (C=O) groups is 1. The van der Waals surface area contributed by atoms with Gasteiger partial charge in [-0.2, -0.15) is 0 Å². The minimum absolute atomic E-state index is 0.00406. The summed E-state index contributed by atoms with van der Waals surface area (Å²) in [5.74, 6) is 1.87. The molecule has 6 nitrogen and oxygen atoms in total. The number of hydrogen-bond donors (Lipinski definition) is 1. The zero-order chi connectivity index (χ0) is 14.8. The van der Waals surface area contributed by atoms with Crippen molar-refractivity contribution < 1.29 is 9.21 Å². The van der Waals surface area contributed by atoms with E-state index in [1.54, 1.807) is 0 Å². The second kappa shape index (κ2) is 6.15. The smallest absolute Gasteiger partial charge is 0.240 e. The Bertz CT molecular complexity index is 488. The third-order valence-corrected chi connectivity index (χ3v) is 4.49. The van der Waals surface area contributed by atoms with Gasteiger partial charge in [-0.05, 0) is 33.2 Å². The van der Waals surface area contributed by atoms with Crippen molar-refractivity contribution >= 4 is 5.91 Å². The van der Waals surface area contributed by atoms with Gasteiger partial charge in [0.2, 0.25) is 11.8 Å². The standard InChI is InChI=1S/C15H24N4O2/c1-11-12(2)21-14(17-11)10-19-7-3-4-13(19)15(20)18-8-5-16-6-9-18/h13,16H,3-10H2,1-2H3. The molecule has 3 heterocycles. The van der Waals surface area contributed by atoms with E-state index in [-0.39, 0.29) is 11.9 Å². The maximum absolute atomic E-state index is 12.7. The zero-order valence-electron chi connectivity index (χ0n) is 12.9. The Morgan fingerprint density at radius 3 is 2.76 bits per heavy atom. The first-order chi connectivity index (χ1) is 10.1. The molecule has 1 atom stereocenters. The topological polar surface area (TPSA) is 61.6 Å². The summed E-state index contributed by atoms with van der Waals surface area (Å²) in [4.78, 5) is 21.3. The normalized spacial score (nSPS) is 23.7. The van der Waals surface area contributed by atoms with Gasteiger partial charge < -0.3 is 14.6 Å². The Balaban J connectivity index is 1.65. The van der Waals surface area contributed by atoms with Crippen molar-refractivity contribution in [1.29, 1.82) is 0 Å². The van der Waals surface area contributed by atoms with Crippen molar-refractivity contribution in [2.24, 2.45) is 0 Å². The Morgan fingerprint density at radius 1 is 1.33 bits per heavy atom. The molecule has 2 saturated heterocycles. The van der Waals surface area contributed by atoms with Crippen LogP contribution in [0, 0.1) is 13.8 Å². The monoisotopic (exact) mass is 292 g/mol. The van der Waals surface area contributed by atoms with Gasteiger partial charge >= 0.3 is 0 Å². The molecule has 1 unspecified atom stereocenters. The lowest BCUT2D eigenvalue weighted by Gasteiger charge is -2.32. The molecular formula is C15H24N4O2. The highest BCUT2D eigenvalue weighted by Gasteiger charge is 2.34. The maximum Gasteiger partial charge on any atom is 0.240 e. The van der Waals surface area contributed by atoms with E-state index in [0.717, 1.165) is 62.9 Å². The molecule has 1 aromatic heterocycles. The average molecular weight is 292 g/mol. The summed E-state index contributed by atoms with van der Waals surface area (Å²) in [5.41, 5.74) is 0.939. The molecule has 0 bridgehead atoms. The molecule has 1 N–H and O–H groups in total. The quantitative estimate of drug-likeness (QED) is 0.888. The maximum atomic E-state index is 12.7.